The van der Waals surface area contributed by atoms with Crippen molar-refractivity contribution in [3.63, 3.8) is 0 Å². The minimum atomic E-state index is -0.565. The first kappa shape index (κ1) is 20.3. The molecule has 0 unspecified atom stereocenters. The van der Waals surface area contributed by atoms with Gasteiger partial charge in [0.1, 0.15) is 11.1 Å². The number of benzene rings is 2. The highest BCUT2D eigenvalue weighted by atomic mass is 16.4. The minimum absolute atomic E-state index is 0.187. The van der Waals surface area contributed by atoms with Crippen LogP contribution in [0.15, 0.2) is 57.5 Å². The molecule has 0 N–H and O–H groups in total. The number of hydrogen-bond acceptors (Lipinski definition) is 4. The van der Waals surface area contributed by atoms with Crippen molar-refractivity contribution in [2.24, 2.45) is 5.41 Å². The van der Waals surface area contributed by atoms with E-state index in [1.54, 1.807) is 0 Å². The van der Waals surface area contributed by atoms with Crippen molar-refractivity contribution < 1.29 is 10.2 Å². The third-order valence-electron chi connectivity index (χ3n) is 7.31. The van der Waals surface area contributed by atoms with Crippen molar-refractivity contribution in [3.8, 4) is 11.3 Å². The van der Waals surface area contributed by atoms with Gasteiger partial charge in [0, 0.05) is 29.3 Å². The summed E-state index contributed by atoms with van der Waals surface area (Å²) in [4.78, 5) is 9.41. The van der Waals surface area contributed by atoms with Gasteiger partial charge >= 0.3 is 0 Å². The summed E-state index contributed by atoms with van der Waals surface area (Å²) in [6, 6.07) is 14.4. The molecule has 0 atom stereocenters. The van der Waals surface area contributed by atoms with Gasteiger partial charge in [-0.05, 0) is 72.9 Å². The minimum Gasteiger partial charge on any atom is -0.451 e. The number of para-hydroxylation sites is 1. The van der Waals surface area contributed by atoms with Gasteiger partial charge < -0.3 is 8.83 Å². The van der Waals surface area contributed by atoms with Gasteiger partial charge in [0.05, 0.1) is 5.69 Å². The van der Waals surface area contributed by atoms with E-state index in [4.69, 9.17) is 18.8 Å². The summed E-state index contributed by atoms with van der Waals surface area (Å²) in [6.45, 7) is 10.9. The highest BCUT2D eigenvalue weighted by molar-refractivity contribution is 6.15. The molecule has 0 amide bonds. The van der Waals surface area contributed by atoms with E-state index in [1.807, 2.05) is 24.4 Å². The molecule has 6 rings (SSSR count). The number of nitrogens with zero attached hydrogens (tertiary/aromatic N) is 2. The van der Waals surface area contributed by atoms with Crippen LogP contribution in [0.2, 0.25) is 0 Å². The molecule has 1 aliphatic carbocycles. The van der Waals surface area contributed by atoms with Crippen LogP contribution in [0.1, 0.15) is 79.0 Å². The number of aromatic nitrogens is 2. The molecule has 34 heavy (non-hydrogen) atoms. The lowest BCUT2D eigenvalue weighted by molar-refractivity contribution is 0.224. The van der Waals surface area contributed by atoms with Crippen LogP contribution in [-0.2, 0) is 5.41 Å². The fourth-order valence-electron chi connectivity index (χ4n) is 5.08. The Bertz CT molecular complexity index is 1580. The number of rotatable bonds is 2. The molecule has 2 aromatic carbocycles. The second kappa shape index (κ2) is 7.43. The van der Waals surface area contributed by atoms with Crippen molar-refractivity contribution in [3.05, 3.63) is 60.1 Å². The van der Waals surface area contributed by atoms with Crippen molar-refractivity contribution in [2.45, 2.75) is 71.6 Å². The predicted molar refractivity (Wildman–Crippen MR) is 138 cm³/mol. The maximum Gasteiger partial charge on any atom is 0.201 e. The van der Waals surface area contributed by atoms with Crippen molar-refractivity contribution >= 4 is 33.0 Å². The van der Waals surface area contributed by atoms with Crippen LogP contribution >= 0.6 is 0 Å². The summed E-state index contributed by atoms with van der Waals surface area (Å²) in [5.74, 6) is 0.135. The van der Waals surface area contributed by atoms with Crippen LogP contribution in [0.5, 0.6) is 0 Å². The Balaban J connectivity index is 1.49. The molecular formula is C30H32N2O2. The topological polar surface area (TPSA) is 52.1 Å². The maximum atomic E-state index is 9.22. The lowest BCUT2D eigenvalue weighted by Gasteiger charge is -2.34. The lowest BCUT2D eigenvalue weighted by atomic mass is 9.71. The van der Waals surface area contributed by atoms with E-state index in [0.717, 1.165) is 70.0 Å². The second-order valence-electron chi connectivity index (χ2n) is 11.5. The van der Waals surface area contributed by atoms with Crippen molar-refractivity contribution in [2.75, 3.05) is 0 Å². The number of furan rings is 1. The number of pyridine rings is 1. The van der Waals surface area contributed by atoms with Crippen LogP contribution in [0.25, 0.3) is 44.3 Å². The Morgan fingerprint density at radius 3 is 2.47 bits per heavy atom. The van der Waals surface area contributed by atoms with Crippen molar-refractivity contribution in [1.82, 2.24) is 9.97 Å². The summed E-state index contributed by atoms with van der Waals surface area (Å²) >= 11 is 0. The first-order chi connectivity index (χ1) is 16.5. The third-order valence-corrected chi connectivity index (χ3v) is 7.31. The highest BCUT2D eigenvalue weighted by Crippen LogP contribution is 2.44. The molecule has 1 aliphatic rings. The molecule has 0 bridgehead atoms. The molecule has 0 radical (unpaired) electrons. The number of hydrogen-bond donors (Lipinski definition) is 0. The Morgan fingerprint density at radius 1 is 0.941 bits per heavy atom. The SMILES string of the molecule is [2H]C1(c2ccnc(-c3cccc4c3oc3c4ccc4nc(C(C)(C)C)oc43)c2)CCC(C)(C)CC1. The van der Waals surface area contributed by atoms with Crippen LogP contribution in [0.4, 0.5) is 0 Å². The molecule has 1 saturated carbocycles. The predicted octanol–water partition coefficient (Wildman–Crippen LogP) is 8.77. The van der Waals surface area contributed by atoms with Gasteiger partial charge in [0.25, 0.3) is 0 Å². The number of oxazole rings is 1. The molecule has 4 heteroatoms. The van der Waals surface area contributed by atoms with Gasteiger partial charge in [-0.2, -0.15) is 0 Å². The van der Waals surface area contributed by atoms with E-state index in [-0.39, 0.29) is 5.41 Å². The molecule has 0 saturated heterocycles. The van der Waals surface area contributed by atoms with E-state index < -0.39 is 5.89 Å². The average Bonchev–Trinajstić information content (AvgIpc) is 3.43. The van der Waals surface area contributed by atoms with Gasteiger partial charge in [-0.15, -0.1) is 0 Å². The van der Waals surface area contributed by atoms with E-state index in [9.17, 15) is 1.37 Å². The van der Waals surface area contributed by atoms with Crippen LogP contribution in [-0.4, -0.2) is 9.97 Å². The average molecular weight is 454 g/mol. The summed E-state index contributed by atoms with van der Waals surface area (Å²) in [7, 11) is 0. The van der Waals surface area contributed by atoms with Crippen LogP contribution in [0, 0.1) is 5.41 Å². The Hall–Kier alpha value is -3.14. The monoisotopic (exact) mass is 453 g/mol. The van der Waals surface area contributed by atoms with E-state index >= 15 is 0 Å². The van der Waals surface area contributed by atoms with E-state index in [2.05, 4.69) is 58.9 Å². The zero-order valence-corrected chi connectivity index (χ0v) is 20.7. The zero-order chi connectivity index (χ0) is 24.6. The Kier molecular flexibility index (Phi) is 4.42. The molecule has 3 aromatic heterocycles. The number of fused-ring (bicyclic) bond motifs is 5. The molecule has 1 fully saturated rings. The first-order valence-electron chi connectivity index (χ1n) is 12.8. The van der Waals surface area contributed by atoms with Gasteiger partial charge in [-0.3, -0.25) is 4.98 Å². The van der Waals surface area contributed by atoms with Gasteiger partial charge in [0.15, 0.2) is 11.2 Å². The molecule has 0 aliphatic heterocycles. The molecule has 174 valence electrons. The maximum absolute atomic E-state index is 9.22. The highest BCUT2D eigenvalue weighted by Gasteiger charge is 2.28. The zero-order valence-electron chi connectivity index (χ0n) is 21.7. The van der Waals surface area contributed by atoms with Gasteiger partial charge in [-0.1, -0.05) is 46.8 Å². The molecule has 4 nitrogen and oxygen atoms in total. The van der Waals surface area contributed by atoms with E-state index in [1.165, 1.54) is 0 Å². The van der Waals surface area contributed by atoms with Crippen LogP contribution in [0.3, 0.4) is 0 Å². The fourth-order valence-corrected chi connectivity index (χ4v) is 5.08. The van der Waals surface area contributed by atoms with Crippen LogP contribution < -0.4 is 0 Å². The largest absolute Gasteiger partial charge is 0.451 e. The summed E-state index contributed by atoms with van der Waals surface area (Å²) in [5, 5.41) is 2.04. The normalized spacial score (nSPS) is 18.6. The third kappa shape index (κ3) is 3.51. The quantitative estimate of drug-likeness (QED) is 0.268. The standard InChI is InChI=1S/C30H32N2O2/c1-29(2,3)28-32-23-10-9-21-20-7-6-8-22(25(20)33-26(21)27(23)34-28)24-17-19(13-16-31-24)18-11-14-30(4,5)15-12-18/h6-10,13,16-18H,11-12,14-15H2,1-5H3/i18D. The smallest absolute Gasteiger partial charge is 0.201 e. The summed E-state index contributed by atoms with van der Waals surface area (Å²) < 4.78 is 21.9. The van der Waals surface area contributed by atoms with Crippen molar-refractivity contribution in [1.29, 1.82) is 0 Å². The van der Waals surface area contributed by atoms with Gasteiger partial charge in [-0.25, -0.2) is 4.98 Å². The molecule has 0 spiro atoms. The molecular weight excluding hydrogens is 420 g/mol. The molecule has 3 heterocycles. The Morgan fingerprint density at radius 2 is 1.71 bits per heavy atom. The lowest BCUT2D eigenvalue weighted by Crippen LogP contribution is -2.20. The van der Waals surface area contributed by atoms with E-state index in [0.29, 0.717) is 16.9 Å². The second-order valence-corrected chi connectivity index (χ2v) is 11.5. The molecule has 5 aromatic rings. The first-order valence-corrected chi connectivity index (χ1v) is 12.3. The fraction of sp³-hybridized carbons (Fsp3) is 0.400. The summed E-state index contributed by atoms with van der Waals surface area (Å²) in [5.41, 5.74) is 5.95. The summed E-state index contributed by atoms with van der Waals surface area (Å²) in [6.07, 6.45) is 5.72. The Labute approximate surface area is 201 Å². The van der Waals surface area contributed by atoms with Gasteiger partial charge in [0.2, 0.25) is 5.89 Å².